The number of anilines is 3. The average molecular weight is 1210 g/mol. The Balaban J connectivity index is 0.898. The molecule has 0 saturated carbocycles. The van der Waals surface area contributed by atoms with Gasteiger partial charge in [-0.15, -0.1) is 11.3 Å². The van der Waals surface area contributed by atoms with E-state index in [-0.39, 0.29) is 0 Å². The first-order chi connectivity index (χ1) is 46.6. The highest BCUT2D eigenvalue weighted by molar-refractivity contribution is 7.25. The molecule has 0 unspecified atom stereocenters. The third-order valence-corrected chi connectivity index (χ3v) is 22.1. The zero-order valence-corrected chi connectivity index (χ0v) is 52.5. The lowest BCUT2D eigenvalue weighted by Gasteiger charge is -2.35. The molecule has 3 aliphatic rings. The number of hydrogen-bond acceptors (Lipinski definition) is 2. The van der Waals surface area contributed by atoms with Gasteiger partial charge in [-0.3, -0.25) is 0 Å². The second-order valence-corrected chi connectivity index (χ2v) is 26.8. The van der Waals surface area contributed by atoms with Crippen LogP contribution >= 0.6 is 11.3 Å². The van der Waals surface area contributed by atoms with Crippen molar-refractivity contribution in [3.8, 4) is 55.6 Å². The second kappa shape index (κ2) is 21.6. The van der Waals surface area contributed by atoms with Gasteiger partial charge in [0.15, 0.2) is 0 Å². The second-order valence-electron chi connectivity index (χ2n) is 25.7. The Bertz CT molecular complexity index is 5610. The predicted octanol–water partition coefficient (Wildman–Crippen LogP) is 23.9. The Labute approximate surface area is 552 Å². The molecule has 15 aromatic carbocycles. The van der Waals surface area contributed by atoms with Gasteiger partial charge in [0, 0.05) is 37.2 Å². The zero-order chi connectivity index (χ0) is 61.9. The fourth-order valence-electron chi connectivity index (χ4n) is 17.0. The van der Waals surface area contributed by atoms with Gasteiger partial charge >= 0.3 is 0 Å². The van der Waals surface area contributed by atoms with Crippen LogP contribution in [0, 0.1) is 0 Å². The van der Waals surface area contributed by atoms with E-state index >= 15 is 0 Å². The summed E-state index contributed by atoms with van der Waals surface area (Å²) in [5, 5.41) is 5.07. The molecule has 3 aliphatic carbocycles. The molecule has 94 heavy (non-hydrogen) atoms. The molecule has 1 heterocycles. The summed E-state index contributed by atoms with van der Waals surface area (Å²) in [6.45, 7) is 0. The van der Waals surface area contributed by atoms with Crippen molar-refractivity contribution in [2.45, 2.75) is 23.7 Å². The first-order valence-electron chi connectivity index (χ1n) is 32.9. The Kier molecular flexibility index (Phi) is 12.5. The van der Waals surface area contributed by atoms with Crippen LogP contribution in [-0.2, 0) is 23.7 Å². The topological polar surface area (TPSA) is 3.24 Å². The summed E-state index contributed by atoms with van der Waals surface area (Å²) in [6, 6.07) is 131. The molecule has 0 saturated heterocycles. The number of hydrogen-bond donors (Lipinski definition) is 0. The monoisotopic (exact) mass is 1210 g/mol. The number of fused-ring (bicyclic) bond motifs is 17. The molecule has 1 nitrogen and oxygen atoms in total. The molecule has 0 fully saturated rings. The van der Waals surface area contributed by atoms with Crippen LogP contribution in [0.25, 0.3) is 86.6 Å². The Morgan fingerprint density at radius 1 is 0.245 bits per heavy atom. The number of benzene rings is 15. The summed E-state index contributed by atoms with van der Waals surface area (Å²) in [4.78, 5) is 2.58. The van der Waals surface area contributed by atoms with Crippen LogP contribution in [0.3, 0.4) is 0 Å². The van der Waals surface area contributed by atoms with Gasteiger partial charge in [0.1, 0.15) is 0 Å². The van der Waals surface area contributed by atoms with Crippen LogP contribution in [0.15, 0.2) is 346 Å². The molecule has 0 bridgehead atoms. The zero-order valence-electron chi connectivity index (χ0n) is 51.7. The molecule has 1 aromatic heterocycles. The first-order valence-corrected chi connectivity index (χ1v) is 33.7. The maximum atomic E-state index is 2.58. The van der Waals surface area contributed by atoms with Gasteiger partial charge in [-0.2, -0.15) is 0 Å². The number of rotatable bonds is 8. The molecule has 440 valence electrons. The van der Waals surface area contributed by atoms with Gasteiger partial charge in [0.25, 0.3) is 0 Å². The molecule has 0 N–H and O–H groups in total. The maximum Gasteiger partial charge on any atom is 0.0714 e. The molecular formula is C92H61NS. The molecule has 0 amide bonds. The van der Waals surface area contributed by atoms with Crippen LogP contribution in [0.2, 0.25) is 0 Å². The highest BCUT2D eigenvalue weighted by Gasteiger charge is 2.49. The van der Waals surface area contributed by atoms with Crippen molar-refractivity contribution in [2.24, 2.45) is 0 Å². The van der Waals surface area contributed by atoms with E-state index in [4.69, 9.17) is 0 Å². The third-order valence-electron chi connectivity index (χ3n) is 20.9. The van der Waals surface area contributed by atoms with E-state index in [0.29, 0.717) is 0 Å². The van der Waals surface area contributed by atoms with Crippen molar-refractivity contribution >= 4 is 59.3 Å². The van der Waals surface area contributed by atoms with Gasteiger partial charge < -0.3 is 4.90 Å². The minimum Gasteiger partial charge on any atom is -0.310 e. The van der Waals surface area contributed by atoms with Crippen LogP contribution in [0.4, 0.5) is 17.1 Å². The summed E-state index contributed by atoms with van der Waals surface area (Å²) < 4.78 is 2.61. The van der Waals surface area contributed by atoms with Crippen molar-refractivity contribution in [1.82, 2.24) is 0 Å². The van der Waals surface area contributed by atoms with Crippen molar-refractivity contribution in [1.29, 1.82) is 0 Å². The van der Waals surface area contributed by atoms with Crippen LogP contribution < -0.4 is 4.90 Å². The molecule has 0 aliphatic heterocycles. The first kappa shape index (κ1) is 54.3. The lowest BCUT2D eigenvalue weighted by Crippen LogP contribution is -2.29. The summed E-state index contributed by atoms with van der Waals surface area (Å²) in [5.74, 6) is 0. The van der Waals surface area contributed by atoms with E-state index in [1.807, 2.05) is 11.3 Å². The normalized spacial score (nSPS) is 13.6. The van der Waals surface area contributed by atoms with Crippen molar-refractivity contribution in [3.05, 3.63) is 413 Å². The highest BCUT2D eigenvalue weighted by Crippen LogP contribution is 2.62. The van der Waals surface area contributed by atoms with Crippen molar-refractivity contribution < 1.29 is 0 Å². The van der Waals surface area contributed by atoms with Gasteiger partial charge in [-0.25, -0.2) is 0 Å². The van der Waals surface area contributed by atoms with Gasteiger partial charge in [0.2, 0.25) is 0 Å². The lowest BCUT2D eigenvalue weighted by atomic mass is 9.67. The number of thiophene rings is 1. The molecule has 16 aromatic rings. The van der Waals surface area contributed by atoms with Crippen LogP contribution in [0.1, 0.15) is 66.8 Å². The largest absolute Gasteiger partial charge is 0.310 e. The van der Waals surface area contributed by atoms with E-state index in [0.717, 1.165) is 29.9 Å². The maximum absolute atomic E-state index is 2.58. The average Bonchev–Trinajstić information content (AvgIpc) is 1.53. The smallest absolute Gasteiger partial charge is 0.0714 e. The Morgan fingerprint density at radius 2 is 0.702 bits per heavy atom. The van der Waals surface area contributed by atoms with Crippen molar-refractivity contribution in [3.63, 3.8) is 0 Å². The Morgan fingerprint density at radius 3 is 1.34 bits per heavy atom. The predicted molar refractivity (Wildman–Crippen MR) is 394 cm³/mol. The van der Waals surface area contributed by atoms with E-state index < -0.39 is 10.8 Å². The van der Waals surface area contributed by atoms with Gasteiger partial charge in [0.05, 0.1) is 10.8 Å². The molecule has 0 atom stereocenters. The van der Waals surface area contributed by atoms with E-state index in [2.05, 4.69) is 351 Å². The molecule has 0 spiro atoms. The minimum absolute atomic E-state index is 0.595. The summed E-state index contributed by atoms with van der Waals surface area (Å²) in [6.07, 6.45) is 1.59. The number of nitrogens with zero attached hydrogens (tertiary/aromatic N) is 1. The van der Waals surface area contributed by atoms with Gasteiger partial charge in [-0.1, -0.05) is 291 Å². The fourth-order valence-corrected chi connectivity index (χ4v) is 18.1. The summed E-state index contributed by atoms with van der Waals surface area (Å²) >= 11 is 1.87. The minimum atomic E-state index is -0.698. The standard InChI is InChI=1S/C92H61NS/c1-5-28-66(29-6-1)91(67-30-7-2-8-31-67)83-52-49-71(58-82(83)90-76-39-20-13-24-60(76)45-51-85(90)91)93(70-47-44-64-55-62-26-15-18-37-74(62)73-36-17-14-25-61(73)54-63-27-16-19-38-75(63)80(64)57-70)72-48-50-79-86(59-72)92(68-32-9-3-10-33-68,69-34-11-4-12-35-69)84-42-23-41-77(89(79)84)65-46-53-88-81(56-65)78-40-21-22-43-87(78)94-88/h1-53,56-59H,54-55H2. The summed E-state index contributed by atoms with van der Waals surface area (Å²) in [5.41, 5.74) is 29.8. The molecule has 0 radical (unpaired) electrons. The molecule has 2 heteroatoms. The molecule has 19 rings (SSSR count). The third kappa shape index (κ3) is 8.13. The van der Waals surface area contributed by atoms with Crippen molar-refractivity contribution in [2.75, 3.05) is 4.90 Å². The van der Waals surface area contributed by atoms with E-state index in [1.165, 1.54) is 153 Å². The highest BCUT2D eigenvalue weighted by atomic mass is 32.1. The van der Waals surface area contributed by atoms with Crippen LogP contribution in [-0.4, -0.2) is 0 Å². The fraction of sp³-hybridized carbons (Fsp3) is 0.0435. The molecular weight excluding hydrogens is 1150 g/mol. The lowest BCUT2D eigenvalue weighted by molar-refractivity contribution is 0.768. The van der Waals surface area contributed by atoms with Gasteiger partial charge in [-0.05, 0) is 201 Å². The SMILES string of the molecule is c1ccc(C2(c3ccccc3)c3cc(N(c4ccc5c(c4)-c4ccccc4Cc4ccccc4-c4ccccc4C5)c4ccc5c(c4)-c4c(ccc6ccccc46)C5(c4ccccc4)c4ccccc4)ccc3-c3c(-c4ccc5sc6ccccc6c5c4)cccc32)cc1. The summed E-state index contributed by atoms with van der Waals surface area (Å²) in [7, 11) is 0. The van der Waals surface area contributed by atoms with Crippen LogP contribution in [0.5, 0.6) is 0 Å². The van der Waals surface area contributed by atoms with E-state index in [1.54, 1.807) is 0 Å². The Hall–Kier alpha value is -11.4. The van der Waals surface area contributed by atoms with E-state index in [9.17, 15) is 0 Å². The quantitative estimate of drug-likeness (QED) is 0.147.